The van der Waals surface area contributed by atoms with Crippen molar-refractivity contribution in [1.29, 1.82) is 0 Å². The molecule has 0 aliphatic carbocycles. The van der Waals surface area contributed by atoms with E-state index < -0.39 is 21.7 Å². The van der Waals surface area contributed by atoms with Gasteiger partial charge in [-0.3, -0.25) is 4.79 Å². The molecule has 34 heavy (non-hydrogen) atoms. The lowest BCUT2D eigenvalue weighted by atomic mass is 10.2. The molecule has 184 valence electrons. The molecule has 0 saturated carbocycles. The van der Waals surface area contributed by atoms with E-state index in [0.29, 0.717) is 49.9 Å². The summed E-state index contributed by atoms with van der Waals surface area (Å²) in [5.41, 5.74) is 1.48. The molecule has 0 unspecified atom stereocenters. The van der Waals surface area contributed by atoms with Crippen molar-refractivity contribution in [1.82, 2.24) is 4.31 Å². The van der Waals surface area contributed by atoms with Crippen molar-refractivity contribution in [3.05, 3.63) is 48.3 Å². The Morgan fingerprint density at radius 1 is 1.06 bits per heavy atom. The summed E-state index contributed by atoms with van der Waals surface area (Å²) in [4.78, 5) is 12.6. The van der Waals surface area contributed by atoms with Crippen LogP contribution in [0.15, 0.2) is 47.4 Å². The highest BCUT2D eigenvalue weighted by molar-refractivity contribution is 7.89. The smallest absolute Gasteiger partial charge is 0.243 e. The highest BCUT2D eigenvalue weighted by Gasteiger charge is 2.27. The van der Waals surface area contributed by atoms with Crippen LogP contribution >= 0.6 is 0 Å². The minimum absolute atomic E-state index is 0.0842. The number of sulfonamides is 1. The van der Waals surface area contributed by atoms with Gasteiger partial charge in [-0.25, -0.2) is 12.8 Å². The van der Waals surface area contributed by atoms with E-state index in [9.17, 15) is 17.6 Å². The summed E-state index contributed by atoms with van der Waals surface area (Å²) in [7, 11) is -3.71. The molecule has 0 aromatic heterocycles. The molecule has 2 aliphatic heterocycles. The number of rotatable bonds is 9. The van der Waals surface area contributed by atoms with Gasteiger partial charge in [0, 0.05) is 31.9 Å². The molecule has 0 bridgehead atoms. The highest BCUT2D eigenvalue weighted by Crippen LogP contribution is 2.28. The van der Waals surface area contributed by atoms with E-state index in [-0.39, 0.29) is 17.5 Å². The average molecular weight is 493 g/mol. The number of halogens is 1. The fourth-order valence-electron chi connectivity index (χ4n) is 3.90. The second-order valence-electron chi connectivity index (χ2n) is 8.15. The molecule has 0 radical (unpaired) electrons. The van der Waals surface area contributed by atoms with Crippen LogP contribution in [0.2, 0.25) is 0 Å². The lowest BCUT2D eigenvalue weighted by Crippen LogP contribution is -2.40. The Morgan fingerprint density at radius 2 is 1.88 bits per heavy atom. The molecule has 1 amide bonds. The molecule has 1 atom stereocenters. The first-order valence-corrected chi connectivity index (χ1v) is 12.7. The zero-order chi connectivity index (χ0) is 24.0. The number of amides is 1. The van der Waals surface area contributed by atoms with Crippen LogP contribution < -0.4 is 16.0 Å². The first-order chi connectivity index (χ1) is 16.4. The predicted octanol–water partition coefficient (Wildman–Crippen LogP) is 2.49. The molecule has 9 nitrogen and oxygen atoms in total. The first-order valence-electron chi connectivity index (χ1n) is 11.3. The number of hydrogen-bond donors (Lipinski definition) is 3. The first kappa shape index (κ1) is 24.4. The van der Waals surface area contributed by atoms with Gasteiger partial charge in [0.05, 0.1) is 42.1 Å². The van der Waals surface area contributed by atoms with Gasteiger partial charge in [0.15, 0.2) is 0 Å². The van der Waals surface area contributed by atoms with Crippen LogP contribution in [0, 0.1) is 5.82 Å². The Balaban J connectivity index is 1.49. The Kier molecular flexibility index (Phi) is 7.99. The van der Waals surface area contributed by atoms with Gasteiger partial charge in [0.25, 0.3) is 0 Å². The Labute approximate surface area is 198 Å². The standard InChI is InChI=1S/C23H29FN4O5S/c24-17-3-1-4-18(13-17)27-23(29)16-26-22-14-20(34(30,31)28-8-11-32-12-9-28)6-7-21(22)25-15-19-5-2-10-33-19/h1,3-4,6-7,13-14,19,25-26H,2,5,8-12,15-16H2,(H,27,29)/t19-/m1/s1. The Morgan fingerprint density at radius 3 is 2.62 bits per heavy atom. The quantitative estimate of drug-likeness (QED) is 0.494. The topological polar surface area (TPSA) is 109 Å². The molecular formula is C23H29FN4O5S. The van der Waals surface area contributed by atoms with Gasteiger partial charge in [-0.2, -0.15) is 4.31 Å². The van der Waals surface area contributed by atoms with Crippen LogP contribution in [0.1, 0.15) is 12.8 Å². The third kappa shape index (κ3) is 6.23. The summed E-state index contributed by atoms with van der Waals surface area (Å²) in [5.74, 6) is -0.843. The molecule has 2 aromatic rings. The summed E-state index contributed by atoms with van der Waals surface area (Å²) in [5, 5.41) is 8.94. The van der Waals surface area contributed by atoms with Gasteiger partial charge in [-0.1, -0.05) is 6.07 Å². The van der Waals surface area contributed by atoms with E-state index in [1.807, 2.05) is 0 Å². The van der Waals surface area contributed by atoms with Crippen molar-refractivity contribution in [2.45, 2.75) is 23.8 Å². The zero-order valence-electron chi connectivity index (χ0n) is 18.8. The minimum Gasteiger partial charge on any atom is -0.381 e. The molecule has 2 saturated heterocycles. The monoisotopic (exact) mass is 492 g/mol. The molecular weight excluding hydrogens is 463 g/mol. The molecule has 2 aliphatic rings. The molecule has 3 N–H and O–H groups in total. The maximum atomic E-state index is 13.4. The number of carbonyl (C=O) groups is 1. The lowest BCUT2D eigenvalue weighted by molar-refractivity contribution is -0.114. The predicted molar refractivity (Wildman–Crippen MR) is 127 cm³/mol. The van der Waals surface area contributed by atoms with Gasteiger partial charge in [0.1, 0.15) is 5.82 Å². The van der Waals surface area contributed by atoms with Gasteiger partial charge in [-0.15, -0.1) is 0 Å². The summed E-state index contributed by atoms with van der Waals surface area (Å²) in [6.45, 7) is 2.46. The maximum Gasteiger partial charge on any atom is 0.243 e. The second-order valence-corrected chi connectivity index (χ2v) is 10.1. The van der Waals surface area contributed by atoms with Crippen molar-refractivity contribution in [3.8, 4) is 0 Å². The van der Waals surface area contributed by atoms with E-state index in [0.717, 1.165) is 19.4 Å². The number of ether oxygens (including phenoxy) is 2. The van der Waals surface area contributed by atoms with Crippen LogP contribution in [0.5, 0.6) is 0 Å². The minimum atomic E-state index is -3.71. The molecule has 11 heteroatoms. The number of morpholine rings is 1. The summed E-state index contributed by atoms with van der Waals surface area (Å²) < 4.78 is 51.9. The second kappa shape index (κ2) is 11.1. The third-order valence-corrected chi connectivity index (χ3v) is 7.59. The van der Waals surface area contributed by atoms with Crippen LogP contribution in [0.4, 0.5) is 21.5 Å². The average Bonchev–Trinajstić information content (AvgIpc) is 3.36. The molecule has 2 fully saturated rings. The normalized spacial score (nSPS) is 19.0. The number of carbonyl (C=O) groups excluding carboxylic acids is 1. The number of benzene rings is 2. The SMILES string of the molecule is O=C(CNc1cc(S(=O)(=O)N2CCOCC2)ccc1NC[C@H]1CCCO1)Nc1cccc(F)c1. The Hall–Kier alpha value is -2.73. The van der Waals surface area contributed by atoms with Crippen molar-refractivity contribution in [2.24, 2.45) is 0 Å². The summed E-state index contributed by atoms with van der Waals surface area (Å²) >= 11 is 0. The van der Waals surface area contributed by atoms with Crippen molar-refractivity contribution < 1.29 is 27.1 Å². The van der Waals surface area contributed by atoms with Gasteiger partial charge in [-0.05, 0) is 49.2 Å². The summed E-state index contributed by atoms with van der Waals surface area (Å²) in [6, 6.07) is 10.4. The zero-order valence-corrected chi connectivity index (χ0v) is 19.6. The van der Waals surface area contributed by atoms with Crippen molar-refractivity contribution in [3.63, 3.8) is 0 Å². The Bertz CT molecular complexity index is 1100. The van der Waals surface area contributed by atoms with Crippen LogP contribution in [-0.4, -0.2) is 70.7 Å². The largest absolute Gasteiger partial charge is 0.381 e. The third-order valence-electron chi connectivity index (χ3n) is 5.69. The number of anilines is 3. The maximum absolute atomic E-state index is 13.4. The molecule has 2 heterocycles. The van der Waals surface area contributed by atoms with E-state index in [2.05, 4.69) is 16.0 Å². The fourth-order valence-corrected chi connectivity index (χ4v) is 5.33. The lowest BCUT2D eigenvalue weighted by Gasteiger charge is -2.26. The molecule has 4 rings (SSSR count). The van der Waals surface area contributed by atoms with Crippen molar-refractivity contribution in [2.75, 3.05) is 62.0 Å². The van der Waals surface area contributed by atoms with E-state index in [1.54, 1.807) is 18.2 Å². The van der Waals surface area contributed by atoms with E-state index in [1.165, 1.54) is 28.6 Å². The van der Waals surface area contributed by atoms with E-state index >= 15 is 0 Å². The molecule has 0 spiro atoms. The van der Waals surface area contributed by atoms with Crippen molar-refractivity contribution >= 4 is 33.0 Å². The number of nitrogens with zero attached hydrogens (tertiary/aromatic N) is 1. The van der Waals surface area contributed by atoms with Gasteiger partial charge < -0.3 is 25.4 Å². The highest BCUT2D eigenvalue weighted by atomic mass is 32.2. The van der Waals surface area contributed by atoms with Gasteiger partial charge >= 0.3 is 0 Å². The van der Waals surface area contributed by atoms with Gasteiger partial charge in [0.2, 0.25) is 15.9 Å². The molecule has 2 aromatic carbocycles. The van der Waals surface area contributed by atoms with E-state index in [4.69, 9.17) is 9.47 Å². The summed E-state index contributed by atoms with van der Waals surface area (Å²) in [6.07, 6.45) is 2.05. The van der Waals surface area contributed by atoms with Crippen LogP contribution in [0.3, 0.4) is 0 Å². The number of nitrogens with one attached hydrogen (secondary N) is 3. The number of hydrogen-bond acceptors (Lipinski definition) is 7. The fraction of sp³-hybridized carbons (Fsp3) is 0.435. The van der Waals surface area contributed by atoms with Crippen LogP contribution in [-0.2, 0) is 24.3 Å². The van der Waals surface area contributed by atoms with Crippen LogP contribution in [0.25, 0.3) is 0 Å².